The maximum Gasteiger partial charge on any atom is 0.330 e. The molecule has 0 aromatic heterocycles. The minimum absolute atomic E-state index is 0.138. The largest absolute Gasteiger partial charge is 0.478 e. The van der Waals surface area contributed by atoms with E-state index in [4.69, 9.17) is 9.84 Å². The average Bonchev–Trinajstić information content (AvgIpc) is 2.05. The van der Waals surface area contributed by atoms with Crippen LogP contribution in [0.5, 0.6) is 0 Å². The Kier molecular flexibility index (Phi) is 5.37. The van der Waals surface area contributed by atoms with E-state index < -0.39 is 5.97 Å². The molecule has 0 aromatic carbocycles. The lowest BCUT2D eigenvalue weighted by Gasteiger charge is -2.09. The second-order valence-corrected chi connectivity index (χ2v) is 2.69. The number of carboxylic acid groups (broad SMARTS) is 1. The van der Waals surface area contributed by atoms with Gasteiger partial charge in [0.25, 0.3) is 0 Å². The van der Waals surface area contributed by atoms with Crippen molar-refractivity contribution in [3.63, 3.8) is 0 Å². The van der Waals surface area contributed by atoms with E-state index in [0.717, 1.165) is 6.42 Å². The third-order valence-corrected chi connectivity index (χ3v) is 1.81. The van der Waals surface area contributed by atoms with E-state index in [-0.39, 0.29) is 6.10 Å². The molecule has 1 unspecified atom stereocenters. The molecule has 12 heavy (non-hydrogen) atoms. The van der Waals surface area contributed by atoms with Crippen molar-refractivity contribution in [3.05, 3.63) is 11.6 Å². The monoisotopic (exact) mass is 172 g/mol. The summed E-state index contributed by atoms with van der Waals surface area (Å²) in [5.74, 6) is -0.860. The van der Waals surface area contributed by atoms with E-state index in [2.05, 4.69) is 0 Å². The number of carbonyl (C=O) groups is 1. The van der Waals surface area contributed by atoms with Crippen molar-refractivity contribution in [1.29, 1.82) is 0 Å². The van der Waals surface area contributed by atoms with Crippen LogP contribution in [0.15, 0.2) is 11.6 Å². The lowest BCUT2D eigenvalue weighted by Crippen LogP contribution is -2.08. The molecule has 0 aromatic rings. The first-order valence-corrected chi connectivity index (χ1v) is 4.04. The second-order valence-electron chi connectivity index (χ2n) is 2.69. The summed E-state index contributed by atoms with van der Waals surface area (Å²) in [4.78, 5) is 10.4. The van der Waals surface area contributed by atoms with Crippen molar-refractivity contribution in [2.24, 2.45) is 0 Å². The van der Waals surface area contributed by atoms with Gasteiger partial charge in [-0.3, -0.25) is 0 Å². The van der Waals surface area contributed by atoms with E-state index in [1.54, 1.807) is 20.1 Å². The summed E-state index contributed by atoms with van der Waals surface area (Å²) in [7, 11) is 1.64. The molecular formula is C9H16O3. The maximum absolute atomic E-state index is 10.4. The van der Waals surface area contributed by atoms with Gasteiger partial charge in [0.2, 0.25) is 0 Å². The lowest BCUT2D eigenvalue weighted by atomic mass is 10.1. The fourth-order valence-electron chi connectivity index (χ4n) is 0.825. The van der Waals surface area contributed by atoms with E-state index >= 15 is 0 Å². The Morgan fingerprint density at radius 2 is 2.25 bits per heavy atom. The molecule has 0 radical (unpaired) electrons. The molecule has 3 nitrogen and oxygen atoms in total. The molecule has 0 amide bonds. The molecule has 0 saturated carbocycles. The van der Waals surface area contributed by atoms with Gasteiger partial charge in [-0.25, -0.2) is 4.79 Å². The average molecular weight is 172 g/mol. The zero-order valence-corrected chi connectivity index (χ0v) is 7.83. The Morgan fingerprint density at radius 1 is 1.67 bits per heavy atom. The predicted molar refractivity (Wildman–Crippen MR) is 47.1 cm³/mol. The summed E-state index contributed by atoms with van der Waals surface area (Å²) in [6.07, 6.45) is 3.41. The summed E-state index contributed by atoms with van der Waals surface area (Å²) in [6, 6.07) is 0. The zero-order chi connectivity index (χ0) is 9.56. The molecular weight excluding hydrogens is 156 g/mol. The number of rotatable bonds is 5. The van der Waals surface area contributed by atoms with E-state index in [0.29, 0.717) is 12.0 Å². The van der Waals surface area contributed by atoms with Crippen molar-refractivity contribution >= 4 is 5.97 Å². The van der Waals surface area contributed by atoms with Crippen molar-refractivity contribution in [3.8, 4) is 0 Å². The molecule has 0 heterocycles. The van der Waals surface area contributed by atoms with Crippen molar-refractivity contribution in [1.82, 2.24) is 0 Å². The summed E-state index contributed by atoms with van der Waals surface area (Å²) in [5.41, 5.74) is 0.380. The Morgan fingerprint density at radius 3 is 2.58 bits per heavy atom. The molecule has 1 N–H and O–H groups in total. The summed E-state index contributed by atoms with van der Waals surface area (Å²) < 4.78 is 5.09. The molecule has 0 spiro atoms. The van der Waals surface area contributed by atoms with Crippen LogP contribution in [0, 0.1) is 0 Å². The highest BCUT2D eigenvalue weighted by Crippen LogP contribution is 2.05. The molecule has 0 fully saturated rings. The van der Waals surface area contributed by atoms with Gasteiger partial charge >= 0.3 is 5.97 Å². The first-order chi connectivity index (χ1) is 5.61. The highest BCUT2D eigenvalue weighted by atomic mass is 16.5. The van der Waals surface area contributed by atoms with Crippen LogP contribution in [-0.2, 0) is 9.53 Å². The molecule has 0 aliphatic carbocycles. The Bertz CT molecular complexity index is 169. The lowest BCUT2D eigenvalue weighted by molar-refractivity contribution is -0.132. The van der Waals surface area contributed by atoms with Gasteiger partial charge in [-0.1, -0.05) is 13.0 Å². The number of hydrogen-bond acceptors (Lipinski definition) is 2. The van der Waals surface area contributed by atoms with Gasteiger partial charge in [-0.05, 0) is 19.8 Å². The fourth-order valence-corrected chi connectivity index (χ4v) is 0.825. The third kappa shape index (κ3) is 4.13. The topological polar surface area (TPSA) is 46.5 Å². The van der Waals surface area contributed by atoms with Crippen LogP contribution in [-0.4, -0.2) is 24.3 Å². The standard InChI is InChI=1S/C9H16O3/c1-4-8(12-3)6-5-7(2)9(10)11/h5,8H,4,6H2,1-3H3,(H,10,11)/b7-5+. The van der Waals surface area contributed by atoms with Crippen LogP contribution < -0.4 is 0 Å². The van der Waals surface area contributed by atoms with Gasteiger partial charge < -0.3 is 9.84 Å². The van der Waals surface area contributed by atoms with Crippen LogP contribution in [0.1, 0.15) is 26.7 Å². The number of methoxy groups -OCH3 is 1. The van der Waals surface area contributed by atoms with Gasteiger partial charge in [0.15, 0.2) is 0 Å². The maximum atomic E-state index is 10.4. The minimum Gasteiger partial charge on any atom is -0.478 e. The van der Waals surface area contributed by atoms with Gasteiger partial charge in [0, 0.05) is 12.7 Å². The molecule has 3 heteroatoms. The summed E-state index contributed by atoms with van der Waals surface area (Å²) in [5, 5.41) is 8.53. The van der Waals surface area contributed by atoms with Crippen molar-refractivity contribution in [2.75, 3.05) is 7.11 Å². The Labute approximate surface area is 73.0 Å². The number of carboxylic acids is 1. The van der Waals surface area contributed by atoms with Crippen LogP contribution in [0.25, 0.3) is 0 Å². The first kappa shape index (κ1) is 11.2. The number of aliphatic carboxylic acids is 1. The summed E-state index contributed by atoms with van der Waals surface area (Å²) in [6.45, 7) is 3.60. The quantitative estimate of drug-likeness (QED) is 0.643. The summed E-state index contributed by atoms with van der Waals surface area (Å²) >= 11 is 0. The smallest absolute Gasteiger partial charge is 0.330 e. The fraction of sp³-hybridized carbons (Fsp3) is 0.667. The normalized spacial score (nSPS) is 14.4. The second kappa shape index (κ2) is 5.77. The van der Waals surface area contributed by atoms with Crippen LogP contribution in [0.4, 0.5) is 0 Å². The Hall–Kier alpha value is -0.830. The molecule has 0 rings (SSSR count). The van der Waals surface area contributed by atoms with Crippen LogP contribution in [0.2, 0.25) is 0 Å². The number of ether oxygens (including phenoxy) is 1. The van der Waals surface area contributed by atoms with E-state index in [1.807, 2.05) is 6.92 Å². The third-order valence-electron chi connectivity index (χ3n) is 1.81. The highest BCUT2D eigenvalue weighted by molar-refractivity contribution is 5.85. The molecule has 70 valence electrons. The molecule has 0 aliphatic rings. The van der Waals surface area contributed by atoms with Crippen LogP contribution in [0.3, 0.4) is 0 Å². The highest BCUT2D eigenvalue weighted by Gasteiger charge is 2.04. The van der Waals surface area contributed by atoms with E-state index in [9.17, 15) is 4.79 Å². The van der Waals surface area contributed by atoms with Crippen molar-refractivity contribution < 1.29 is 14.6 Å². The number of hydrogen-bond donors (Lipinski definition) is 1. The van der Waals surface area contributed by atoms with Gasteiger partial charge in [-0.15, -0.1) is 0 Å². The predicted octanol–water partition coefficient (Wildman–Crippen LogP) is 1.83. The molecule has 0 saturated heterocycles. The van der Waals surface area contributed by atoms with Gasteiger partial charge in [0.05, 0.1) is 6.10 Å². The van der Waals surface area contributed by atoms with Gasteiger partial charge in [0.1, 0.15) is 0 Å². The first-order valence-electron chi connectivity index (χ1n) is 4.04. The van der Waals surface area contributed by atoms with Crippen molar-refractivity contribution in [2.45, 2.75) is 32.8 Å². The molecule has 0 aliphatic heterocycles. The van der Waals surface area contributed by atoms with Gasteiger partial charge in [-0.2, -0.15) is 0 Å². The molecule has 1 atom stereocenters. The SMILES string of the molecule is CCC(C/C=C(\C)C(=O)O)OC. The zero-order valence-electron chi connectivity index (χ0n) is 7.83. The van der Waals surface area contributed by atoms with Crippen LogP contribution >= 0.6 is 0 Å². The minimum atomic E-state index is -0.860. The Balaban J connectivity index is 3.93. The van der Waals surface area contributed by atoms with E-state index in [1.165, 1.54) is 0 Å². The molecule has 0 bridgehead atoms.